The van der Waals surface area contributed by atoms with Crippen LogP contribution < -0.4 is 5.73 Å². The molecule has 3 heteroatoms. The van der Waals surface area contributed by atoms with Crippen molar-refractivity contribution in [2.45, 2.75) is 31.2 Å². The number of carbonyl (C=O) groups excluding carboxylic acids is 1. The predicted molar refractivity (Wildman–Crippen MR) is 43.2 cm³/mol. The van der Waals surface area contributed by atoms with Gasteiger partial charge in [0.25, 0.3) is 0 Å². The minimum atomic E-state index is -0.662. The summed E-state index contributed by atoms with van der Waals surface area (Å²) >= 11 is 5.46. The maximum absolute atomic E-state index is 11.0. The molecule has 2 saturated carbocycles. The largest absolute Gasteiger partial charge is 0.318 e. The molecule has 0 heterocycles. The fraction of sp³-hybridized carbons (Fsp3) is 0.875. The molecule has 3 atom stereocenters. The lowest BCUT2D eigenvalue weighted by molar-refractivity contribution is -0.118. The Balaban J connectivity index is 2.23. The first-order valence-corrected chi connectivity index (χ1v) is 4.49. The first kappa shape index (κ1) is 7.56. The quantitative estimate of drug-likeness (QED) is 0.607. The van der Waals surface area contributed by atoms with Gasteiger partial charge in [-0.3, -0.25) is 4.79 Å². The molecule has 2 aliphatic carbocycles. The molecule has 0 aromatic rings. The molecule has 0 amide bonds. The van der Waals surface area contributed by atoms with Crippen molar-refractivity contribution in [1.82, 2.24) is 0 Å². The summed E-state index contributed by atoms with van der Waals surface area (Å²) in [6.45, 7) is 0. The van der Waals surface area contributed by atoms with Crippen LogP contribution in [0.25, 0.3) is 0 Å². The highest BCUT2D eigenvalue weighted by Crippen LogP contribution is 2.50. The Bertz CT molecular complexity index is 206. The molecule has 2 fully saturated rings. The van der Waals surface area contributed by atoms with Crippen molar-refractivity contribution >= 4 is 16.8 Å². The van der Waals surface area contributed by atoms with Gasteiger partial charge in [0, 0.05) is 0 Å². The normalized spacial score (nSPS) is 48.2. The molecule has 0 spiro atoms. The number of fused-ring (bicyclic) bond motifs is 2. The van der Waals surface area contributed by atoms with E-state index < -0.39 is 5.54 Å². The van der Waals surface area contributed by atoms with Crippen LogP contribution in [0.15, 0.2) is 0 Å². The Morgan fingerprint density at radius 1 is 1.55 bits per heavy atom. The molecule has 2 aliphatic rings. The summed E-state index contributed by atoms with van der Waals surface area (Å²) in [5, 5.41) is -0.329. The molecule has 2 nitrogen and oxygen atoms in total. The van der Waals surface area contributed by atoms with Gasteiger partial charge in [0.1, 0.15) is 0 Å². The van der Waals surface area contributed by atoms with E-state index in [1.165, 1.54) is 6.42 Å². The molecule has 0 aliphatic heterocycles. The van der Waals surface area contributed by atoms with Crippen molar-refractivity contribution in [3.05, 3.63) is 0 Å². The first-order valence-electron chi connectivity index (χ1n) is 4.12. The van der Waals surface area contributed by atoms with Gasteiger partial charge in [0.15, 0.2) is 0 Å². The second-order valence-electron chi connectivity index (χ2n) is 3.89. The minimum absolute atomic E-state index is 0.329. The maximum Gasteiger partial charge on any atom is 0.241 e. The standard InChI is InChI=1S/C8H12ClNO/c9-7(11)8(10)4-5-1-2-6(8)3-5/h5-6H,1-4,10H2. The van der Waals surface area contributed by atoms with E-state index in [1.54, 1.807) is 0 Å². The van der Waals surface area contributed by atoms with Crippen LogP contribution >= 0.6 is 11.6 Å². The Kier molecular flexibility index (Phi) is 1.52. The average Bonchev–Trinajstić information content (AvgIpc) is 2.45. The number of halogens is 1. The topological polar surface area (TPSA) is 43.1 Å². The zero-order valence-corrected chi connectivity index (χ0v) is 7.10. The number of hydrogen-bond acceptors (Lipinski definition) is 2. The van der Waals surface area contributed by atoms with E-state index >= 15 is 0 Å². The van der Waals surface area contributed by atoms with Crippen molar-refractivity contribution in [1.29, 1.82) is 0 Å². The molecule has 2 N–H and O–H groups in total. The van der Waals surface area contributed by atoms with E-state index in [1.807, 2.05) is 0 Å². The Morgan fingerprint density at radius 3 is 2.55 bits per heavy atom. The van der Waals surface area contributed by atoms with Gasteiger partial charge in [0.05, 0.1) is 5.54 Å². The van der Waals surface area contributed by atoms with Crippen LogP contribution in [0.3, 0.4) is 0 Å². The van der Waals surface area contributed by atoms with Gasteiger partial charge in [-0.05, 0) is 42.7 Å². The SMILES string of the molecule is NC1(C(=O)Cl)CC2CCC1C2. The third kappa shape index (κ3) is 0.926. The van der Waals surface area contributed by atoms with Gasteiger partial charge in [-0.2, -0.15) is 0 Å². The van der Waals surface area contributed by atoms with E-state index in [0.29, 0.717) is 11.8 Å². The molecule has 0 aromatic carbocycles. The third-order valence-electron chi connectivity index (χ3n) is 3.26. The van der Waals surface area contributed by atoms with Crippen molar-refractivity contribution in [3.63, 3.8) is 0 Å². The van der Waals surface area contributed by atoms with Gasteiger partial charge in [-0.1, -0.05) is 6.42 Å². The summed E-state index contributed by atoms with van der Waals surface area (Å²) < 4.78 is 0. The number of carbonyl (C=O) groups is 1. The third-order valence-corrected chi connectivity index (χ3v) is 3.61. The van der Waals surface area contributed by atoms with E-state index in [4.69, 9.17) is 17.3 Å². The molecule has 0 saturated heterocycles. The lowest BCUT2D eigenvalue weighted by Gasteiger charge is -2.29. The molecular weight excluding hydrogens is 162 g/mol. The van der Waals surface area contributed by atoms with E-state index in [2.05, 4.69) is 0 Å². The van der Waals surface area contributed by atoms with Crippen LogP contribution in [0.5, 0.6) is 0 Å². The van der Waals surface area contributed by atoms with E-state index in [0.717, 1.165) is 19.3 Å². The second kappa shape index (κ2) is 2.20. The molecule has 11 heavy (non-hydrogen) atoms. The Hall–Kier alpha value is -0.0800. The highest BCUT2D eigenvalue weighted by molar-refractivity contribution is 6.65. The lowest BCUT2D eigenvalue weighted by Crippen LogP contribution is -2.50. The fourth-order valence-corrected chi connectivity index (χ4v) is 2.84. The molecular formula is C8H12ClNO. The molecule has 0 radical (unpaired) electrons. The van der Waals surface area contributed by atoms with Crippen molar-refractivity contribution < 1.29 is 4.79 Å². The van der Waals surface area contributed by atoms with Crippen molar-refractivity contribution in [2.24, 2.45) is 17.6 Å². The summed E-state index contributed by atoms with van der Waals surface area (Å²) in [5.74, 6) is 1.05. The monoisotopic (exact) mass is 173 g/mol. The number of nitrogens with two attached hydrogens (primary N) is 1. The highest BCUT2D eigenvalue weighted by Gasteiger charge is 2.52. The van der Waals surface area contributed by atoms with Crippen molar-refractivity contribution in [2.75, 3.05) is 0 Å². The average molecular weight is 174 g/mol. The van der Waals surface area contributed by atoms with Gasteiger partial charge in [0.2, 0.25) is 5.24 Å². The number of hydrogen-bond donors (Lipinski definition) is 1. The second-order valence-corrected chi connectivity index (χ2v) is 4.24. The first-order chi connectivity index (χ1) is 5.13. The summed E-state index contributed by atoms with van der Waals surface area (Å²) in [6, 6.07) is 0. The van der Waals surface area contributed by atoms with Gasteiger partial charge >= 0.3 is 0 Å². The molecule has 2 rings (SSSR count). The maximum atomic E-state index is 11.0. The predicted octanol–water partition coefficient (Wildman–Crippen LogP) is 1.27. The van der Waals surface area contributed by atoms with Crippen LogP contribution in [0.2, 0.25) is 0 Å². The highest BCUT2D eigenvalue weighted by atomic mass is 35.5. The summed E-state index contributed by atoms with van der Waals surface area (Å²) in [4.78, 5) is 11.0. The lowest BCUT2D eigenvalue weighted by atomic mass is 9.83. The summed E-state index contributed by atoms with van der Waals surface area (Å²) in [6.07, 6.45) is 4.28. The molecule has 3 unspecified atom stereocenters. The number of rotatable bonds is 1. The van der Waals surface area contributed by atoms with Gasteiger partial charge in [-0.25, -0.2) is 0 Å². The Morgan fingerprint density at radius 2 is 2.27 bits per heavy atom. The van der Waals surface area contributed by atoms with Gasteiger partial charge in [-0.15, -0.1) is 0 Å². The van der Waals surface area contributed by atoms with E-state index in [-0.39, 0.29) is 5.24 Å². The van der Waals surface area contributed by atoms with Crippen LogP contribution in [-0.2, 0) is 4.79 Å². The van der Waals surface area contributed by atoms with Crippen LogP contribution in [0.1, 0.15) is 25.7 Å². The van der Waals surface area contributed by atoms with Crippen LogP contribution in [-0.4, -0.2) is 10.8 Å². The van der Waals surface area contributed by atoms with Crippen LogP contribution in [0, 0.1) is 11.8 Å². The molecule has 62 valence electrons. The molecule has 2 bridgehead atoms. The smallest absolute Gasteiger partial charge is 0.241 e. The summed E-state index contributed by atoms with van der Waals surface area (Å²) in [7, 11) is 0. The molecule has 0 aromatic heterocycles. The Labute approximate surface area is 71.1 Å². The zero-order chi connectivity index (χ0) is 8.06. The minimum Gasteiger partial charge on any atom is -0.318 e. The van der Waals surface area contributed by atoms with Crippen LogP contribution in [0.4, 0.5) is 0 Å². The summed E-state index contributed by atoms with van der Waals surface area (Å²) in [5.41, 5.74) is 5.24. The zero-order valence-electron chi connectivity index (χ0n) is 6.35. The van der Waals surface area contributed by atoms with E-state index in [9.17, 15) is 4.79 Å². The fourth-order valence-electron chi connectivity index (χ4n) is 2.61. The van der Waals surface area contributed by atoms with Gasteiger partial charge < -0.3 is 5.73 Å². The van der Waals surface area contributed by atoms with Crippen molar-refractivity contribution in [3.8, 4) is 0 Å².